The van der Waals surface area contributed by atoms with Gasteiger partial charge in [0.2, 0.25) is 5.91 Å². The lowest BCUT2D eigenvalue weighted by Gasteiger charge is -2.32. The second-order valence-electron chi connectivity index (χ2n) is 6.00. The Labute approximate surface area is 134 Å². The number of hydrogen-bond donors (Lipinski definition) is 1. The van der Waals surface area contributed by atoms with Crippen LogP contribution in [0.25, 0.3) is 0 Å². The van der Waals surface area contributed by atoms with Crippen LogP contribution in [0.15, 0.2) is 24.3 Å². The predicted molar refractivity (Wildman–Crippen MR) is 83.0 cm³/mol. The number of carbonyl (C=O) groups is 1. The second-order valence-corrected chi connectivity index (χ2v) is 6.00. The number of nitrogens with zero attached hydrogens (tertiary/aromatic N) is 1. The summed E-state index contributed by atoms with van der Waals surface area (Å²) in [5, 5.41) is 3.32. The Kier molecular flexibility index (Phi) is 6.04. The molecule has 0 atom stereocenters. The van der Waals surface area contributed by atoms with E-state index >= 15 is 0 Å². The molecule has 1 amide bonds. The number of benzene rings is 1. The maximum Gasteiger partial charge on any atom is 0.416 e. The molecule has 1 aromatic rings. The number of halogens is 3. The van der Waals surface area contributed by atoms with E-state index in [-0.39, 0.29) is 12.3 Å². The van der Waals surface area contributed by atoms with Crippen LogP contribution in [0.1, 0.15) is 30.9 Å². The van der Waals surface area contributed by atoms with Gasteiger partial charge >= 0.3 is 6.18 Å². The molecule has 1 N–H and O–H groups in total. The van der Waals surface area contributed by atoms with Crippen molar-refractivity contribution in [2.24, 2.45) is 5.92 Å². The third kappa shape index (κ3) is 5.23. The molecule has 3 nitrogen and oxygen atoms in total. The number of alkyl halides is 3. The first-order chi connectivity index (χ1) is 10.9. The summed E-state index contributed by atoms with van der Waals surface area (Å²) in [4.78, 5) is 14.1. The van der Waals surface area contributed by atoms with Gasteiger partial charge in [-0.3, -0.25) is 4.79 Å². The van der Waals surface area contributed by atoms with Crippen molar-refractivity contribution < 1.29 is 18.0 Å². The van der Waals surface area contributed by atoms with Crippen LogP contribution in [0.4, 0.5) is 13.2 Å². The Hall–Kier alpha value is -1.56. The van der Waals surface area contributed by atoms with Crippen molar-refractivity contribution in [1.29, 1.82) is 0 Å². The molecular weight excluding hydrogens is 305 g/mol. The summed E-state index contributed by atoms with van der Waals surface area (Å²) >= 11 is 0. The van der Waals surface area contributed by atoms with Crippen LogP contribution in [0, 0.1) is 5.92 Å². The van der Waals surface area contributed by atoms with E-state index in [1.807, 2.05) is 4.90 Å². The molecule has 0 spiro atoms. The lowest BCUT2D eigenvalue weighted by Crippen LogP contribution is -2.41. The van der Waals surface area contributed by atoms with Crippen molar-refractivity contribution in [2.45, 2.75) is 32.4 Å². The monoisotopic (exact) mass is 328 g/mol. The van der Waals surface area contributed by atoms with Gasteiger partial charge in [-0.2, -0.15) is 13.2 Å². The fraction of sp³-hybridized carbons (Fsp3) is 0.588. The second kappa shape index (κ2) is 7.81. The van der Waals surface area contributed by atoms with E-state index in [0.29, 0.717) is 11.5 Å². The fourth-order valence-corrected chi connectivity index (χ4v) is 2.83. The topological polar surface area (TPSA) is 32.3 Å². The highest BCUT2D eigenvalue weighted by atomic mass is 19.4. The average Bonchev–Trinajstić information content (AvgIpc) is 2.53. The summed E-state index contributed by atoms with van der Waals surface area (Å²) in [6, 6.07) is 4.84. The van der Waals surface area contributed by atoms with Gasteiger partial charge in [0, 0.05) is 13.1 Å². The third-order valence-electron chi connectivity index (χ3n) is 4.29. The van der Waals surface area contributed by atoms with Crippen molar-refractivity contribution in [2.75, 3.05) is 26.2 Å². The highest BCUT2D eigenvalue weighted by Crippen LogP contribution is 2.29. The van der Waals surface area contributed by atoms with E-state index < -0.39 is 11.7 Å². The average molecular weight is 328 g/mol. The quantitative estimate of drug-likeness (QED) is 0.901. The number of rotatable bonds is 5. The molecule has 1 heterocycles. The van der Waals surface area contributed by atoms with Crippen LogP contribution in [-0.2, 0) is 17.4 Å². The molecule has 1 fully saturated rings. The van der Waals surface area contributed by atoms with Gasteiger partial charge < -0.3 is 10.2 Å². The van der Waals surface area contributed by atoms with E-state index in [1.165, 1.54) is 12.1 Å². The minimum atomic E-state index is -4.34. The lowest BCUT2D eigenvalue weighted by atomic mass is 9.96. The van der Waals surface area contributed by atoms with Gasteiger partial charge in [0.15, 0.2) is 0 Å². The predicted octanol–water partition coefficient (Wildman–Crippen LogP) is 3.10. The van der Waals surface area contributed by atoms with Crippen LogP contribution in [-0.4, -0.2) is 37.0 Å². The molecule has 6 heteroatoms. The molecule has 1 aromatic carbocycles. The molecule has 0 bridgehead atoms. The number of piperidine rings is 1. The van der Waals surface area contributed by atoms with Gasteiger partial charge in [0.25, 0.3) is 0 Å². The molecule has 0 aromatic heterocycles. The molecule has 2 rings (SSSR count). The number of amides is 1. The molecule has 0 aliphatic carbocycles. The largest absolute Gasteiger partial charge is 0.416 e. The standard InChI is InChI=1S/C17H23F3N2O/c1-2-21-12-14-7-9-22(10-8-14)16(23)11-13-3-5-15(6-4-13)17(18,19)20/h3-6,14,21H,2,7-12H2,1H3. The summed E-state index contributed by atoms with van der Waals surface area (Å²) in [6.07, 6.45) is -2.22. The van der Waals surface area contributed by atoms with Crippen molar-refractivity contribution in [3.05, 3.63) is 35.4 Å². The Morgan fingerprint density at radius 3 is 2.35 bits per heavy atom. The molecule has 0 saturated carbocycles. The molecule has 1 saturated heterocycles. The van der Waals surface area contributed by atoms with Crippen LogP contribution in [0.2, 0.25) is 0 Å². The van der Waals surface area contributed by atoms with Crippen molar-refractivity contribution in [1.82, 2.24) is 10.2 Å². The minimum Gasteiger partial charge on any atom is -0.342 e. The zero-order valence-corrected chi connectivity index (χ0v) is 13.3. The fourth-order valence-electron chi connectivity index (χ4n) is 2.83. The summed E-state index contributed by atoms with van der Waals surface area (Å²) in [5.41, 5.74) is -0.0595. The highest BCUT2D eigenvalue weighted by Gasteiger charge is 2.30. The van der Waals surface area contributed by atoms with Crippen molar-refractivity contribution in [3.63, 3.8) is 0 Å². The van der Waals surface area contributed by atoms with Gasteiger partial charge in [-0.15, -0.1) is 0 Å². The summed E-state index contributed by atoms with van der Waals surface area (Å²) in [5.74, 6) is 0.594. The van der Waals surface area contributed by atoms with Gasteiger partial charge in [-0.1, -0.05) is 19.1 Å². The van der Waals surface area contributed by atoms with E-state index in [1.54, 1.807) is 0 Å². The first-order valence-corrected chi connectivity index (χ1v) is 8.04. The summed E-state index contributed by atoms with van der Waals surface area (Å²) in [6.45, 7) is 5.47. The maximum atomic E-state index is 12.5. The summed E-state index contributed by atoms with van der Waals surface area (Å²) in [7, 11) is 0. The first-order valence-electron chi connectivity index (χ1n) is 8.04. The zero-order valence-electron chi connectivity index (χ0n) is 13.3. The SMILES string of the molecule is CCNCC1CCN(C(=O)Cc2ccc(C(F)(F)F)cc2)CC1. The van der Waals surface area contributed by atoms with Crippen LogP contribution in [0.5, 0.6) is 0 Å². The number of hydrogen-bond acceptors (Lipinski definition) is 2. The normalized spacial score (nSPS) is 16.6. The van der Waals surface area contributed by atoms with Gasteiger partial charge in [0.1, 0.15) is 0 Å². The summed E-state index contributed by atoms with van der Waals surface area (Å²) < 4.78 is 37.6. The smallest absolute Gasteiger partial charge is 0.342 e. The van der Waals surface area contributed by atoms with Gasteiger partial charge in [0.05, 0.1) is 12.0 Å². The van der Waals surface area contributed by atoms with Crippen molar-refractivity contribution in [3.8, 4) is 0 Å². The van der Waals surface area contributed by atoms with E-state index in [4.69, 9.17) is 0 Å². The molecule has 1 aliphatic rings. The van der Waals surface area contributed by atoms with E-state index in [0.717, 1.165) is 51.2 Å². The van der Waals surface area contributed by atoms with Crippen molar-refractivity contribution >= 4 is 5.91 Å². The van der Waals surface area contributed by atoms with E-state index in [9.17, 15) is 18.0 Å². The molecule has 128 valence electrons. The minimum absolute atomic E-state index is 0.00772. The van der Waals surface area contributed by atoms with Gasteiger partial charge in [-0.25, -0.2) is 0 Å². The first kappa shape index (κ1) is 17.8. The molecule has 0 radical (unpaired) electrons. The van der Waals surface area contributed by atoms with Gasteiger partial charge in [-0.05, 0) is 49.5 Å². The van der Waals surface area contributed by atoms with Crippen LogP contribution < -0.4 is 5.32 Å². The molecule has 23 heavy (non-hydrogen) atoms. The molecular formula is C17H23F3N2O. The Balaban J connectivity index is 1.83. The molecule has 0 unspecified atom stereocenters. The third-order valence-corrected chi connectivity index (χ3v) is 4.29. The van der Waals surface area contributed by atoms with Crippen LogP contribution in [0.3, 0.4) is 0 Å². The number of likely N-dealkylation sites (tertiary alicyclic amines) is 1. The lowest BCUT2D eigenvalue weighted by molar-refractivity contribution is -0.137. The number of carbonyl (C=O) groups excluding carboxylic acids is 1. The Morgan fingerprint density at radius 2 is 1.83 bits per heavy atom. The molecule has 1 aliphatic heterocycles. The Morgan fingerprint density at radius 1 is 1.22 bits per heavy atom. The maximum absolute atomic E-state index is 12.5. The van der Waals surface area contributed by atoms with Crippen LogP contribution >= 0.6 is 0 Å². The zero-order chi connectivity index (χ0) is 16.9. The number of nitrogens with one attached hydrogen (secondary N) is 1. The van der Waals surface area contributed by atoms with E-state index in [2.05, 4.69) is 12.2 Å². The Bertz CT molecular complexity index is 506. The highest BCUT2D eigenvalue weighted by molar-refractivity contribution is 5.78.